The summed E-state index contributed by atoms with van der Waals surface area (Å²) in [5.74, 6) is 0.346. The second-order valence-electron chi connectivity index (χ2n) is 2.96. The molecule has 0 aliphatic heterocycles. The molecular weight excluding hydrogens is 188 g/mol. The van der Waals surface area contributed by atoms with Gasteiger partial charge in [-0.15, -0.1) is 0 Å². The van der Waals surface area contributed by atoms with Gasteiger partial charge in [0.2, 0.25) is 0 Å². The monoisotopic (exact) mass is 206 g/mol. The highest BCUT2D eigenvalue weighted by molar-refractivity contribution is 7.99. The van der Waals surface area contributed by atoms with Gasteiger partial charge >= 0.3 is 5.97 Å². The lowest BCUT2D eigenvalue weighted by atomic mass is 10.2. The van der Waals surface area contributed by atoms with E-state index < -0.39 is 5.97 Å². The molecule has 0 aromatic rings. The normalized spacial score (nSPS) is 12.8. The number of thioether (sulfide) groups is 1. The van der Waals surface area contributed by atoms with Crippen LogP contribution in [0, 0.1) is 0 Å². The highest BCUT2D eigenvalue weighted by Crippen LogP contribution is 2.16. The maximum Gasteiger partial charge on any atom is 0.303 e. The number of hydrogen-bond donors (Lipinski definition) is 1. The molecule has 0 heterocycles. The largest absolute Gasteiger partial charge is 0.481 e. The summed E-state index contributed by atoms with van der Waals surface area (Å²) in [6, 6.07) is 0. The number of methoxy groups -OCH3 is 1. The van der Waals surface area contributed by atoms with Gasteiger partial charge in [0.25, 0.3) is 0 Å². The van der Waals surface area contributed by atoms with E-state index in [4.69, 9.17) is 9.84 Å². The molecule has 0 fully saturated rings. The Labute approximate surface area is 83.9 Å². The minimum absolute atomic E-state index is 0.276. The van der Waals surface area contributed by atoms with Crippen molar-refractivity contribution in [3.05, 3.63) is 0 Å². The van der Waals surface area contributed by atoms with Crippen molar-refractivity contribution in [2.45, 2.75) is 31.4 Å². The zero-order chi connectivity index (χ0) is 10.1. The van der Waals surface area contributed by atoms with Gasteiger partial charge < -0.3 is 9.84 Å². The molecule has 0 spiro atoms. The van der Waals surface area contributed by atoms with Gasteiger partial charge in [-0.1, -0.05) is 6.92 Å². The lowest BCUT2D eigenvalue weighted by Crippen LogP contribution is -2.03. The van der Waals surface area contributed by atoms with Crippen LogP contribution >= 0.6 is 11.8 Å². The molecule has 0 bridgehead atoms. The maximum absolute atomic E-state index is 10.3. The molecule has 1 unspecified atom stereocenters. The third-order valence-corrected chi connectivity index (χ3v) is 2.99. The van der Waals surface area contributed by atoms with Crippen LogP contribution in [0.4, 0.5) is 0 Å². The van der Waals surface area contributed by atoms with Gasteiger partial charge in [-0.3, -0.25) is 4.79 Å². The van der Waals surface area contributed by atoms with Crippen LogP contribution in [0.1, 0.15) is 26.2 Å². The Morgan fingerprint density at radius 1 is 1.62 bits per heavy atom. The standard InChI is InChI=1S/C9H18O3S/c1-8(4-5-9(10)11)13-7-3-6-12-2/h8H,3-7H2,1-2H3,(H,10,11). The first-order chi connectivity index (χ1) is 6.16. The lowest BCUT2D eigenvalue weighted by molar-refractivity contribution is -0.137. The number of carboxylic acid groups (broad SMARTS) is 1. The third kappa shape index (κ3) is 9.70. The Morgan fingerprint density at radius 2 is 2.31 bits per heavy atom. The highest BCUT2D eigenvalue weighted by Gasteiger charge is 2.04. The lowest BCUT2D eigenvalue weighted by Gasteiger charge is -2.08. The molecule has 0 rings (SSSR count). The molecule has 1 atom stereocenters. The maximum atomic E-state index is 10.3. The van der Waals surface area contributed by atoms with Crippen molar-refractivity contribution in [3.8, 4) is 0 Å². The number of aliphatic carboxylic acids is 1. The molecule has 0 amide bonds. The van der Waals surface area contributed by atoms with Crippen molar-refractivity contribution in [1.82, 2.24) is 0 Å². The predicted molar refractivity (Wildman–Crippen MR) is 55.3 cm³/mol. The summed E-state index contributed by atoms with van der Waals surface area (Å²) < 4.78 is 4.91. The summed E-state index contributed by atoms with van der Waals surface area (Å²) in [6.45, 7) is 2.86. The topological polar surface area (TPSA) is 46.5 Å². The second kappa shape index (κ2) is 8.38. The molecule has 0 radical (unpaired) electrons. The average molecular weight is 206 g/mol. The molecule has 3 nitrogen and oxygen atoms in total. The Hall–Kier alpha value is -0.220. The van der Waals surface area contributed by atoms with Crippen molar-refractivity contribution in [2.75, 3.05) is 19.5 Å². The second-order valence-corrected chi connectivity index (χ2v) is 4.51. The average Bonchev–Trinajstić information content (AvgIpc) is 2.09. The Kier molecular flexibility index (Phi) is 8.24. The first kappa shape index (κ1) is 12.8. The first-order valence-electron chi connectivity index (χ1n) is 4.49. The zero-order valence-corrected chi connectivity index (χ0v) is 9.10. The fourth-order valence-corrected chi connectivity index (χ4v) is 1.87. The molecule has 4 heteroatoms. The van der Waals surface area contributed by atoms with Crippen molar-refractivity contribution in [3.63, 3.8) is 0 Å². The van der Waals surface area contributed by atoms with E-state index in [0.717, 1.165) is 25.2 Å². The third-order valence-electron chi connectivity index (χ3n) is 1.66. The van der Waals surface area contributed by atoms with E-state index in [-0.39, 0.29) is 6.42 Å². The van der Waals surface area contributed by atoms with E-state index in [9.17, 15) is 4.79 Å². The SMILES string of the molecule is COCCCSC(C)CCC(=O)O. The molecule has 0 aliphatic carbocycles. The van der Waals surface area contributed by atoms with Gasteiger partial charge in [-0.2, -0.15) is 11.8 Å². The van der Waals surface area contributed by atoms with Crippen LogP contribution < -0.4 is 0 Å². The van der Waals surface area contributed by atoms with E-state index in [1.54, 1.807) is 7.11 Å². The van der Waals surface area contributed by atoms with E-state index >= 15 is 0 Å². The van der Waals surface area contributed by atoms with Gasteiger partial charge in [0.15, 0.2) is 0 Å². The molecule has 13 heavy (non-hydrogen) atoms. The molecule has 0 aliphatic rings. The van der Waals surface area contributed by atoms with Gasteiger partial charge in [0, 0.05) is 25.4 Å². The van der Waals surface area contributed by atoms with E-state index in [1.165, 1.54) is 0 Å². The molecule has 1 N–H and O–H groups in total. The summed E-state index contributed by atoms with van der Waals surface area (Å²) in [4.78, 5) is 10.3. The van der Waals surface area contributed by atoms with E-state index in [1.807, 2.05) is 11.8 Å². The smallest absolute Gasteiger partial charge is 0.303 e. The number of carboxylic acids is 1. The minimum atomic E-state index is -0.704. The number of carbonyl (C=O) groups is 1. The predicted octanol–water partition coefficient (Wildman–Crippen LogP) is 2.01. The van der Waals surface area contributed by atoms with Crippen LogP contribution in [0.2, 0.25) is 0 Å². The Balaban J connectivity index is 3.19. The molecule has 78 valence electrons. The zero-order valence-electron chi connectivity index (χ0n) is 8.28. The van der Waals surface area contributed by atoms with Crippen LogP contribution in [0.5, 0.6) is 0 Å². The van der Waals surface area contributed by atoms with Crippen molar-refractivity contribution in [2.24, 2.45) is 0 Å². The van der Waals surface area contributed by atoms with Gasteiger partial charge in [0.1, 0.15) is 0 Å². The number of hydrogen-bond acceptors (Lipinski definition) is 3. The Bertz CT molecular complexity index is 139. The fraction of sp³-hybridized carbons (Fsp3) is 0.889. The fourth-order valence-electron chi connectivity index (χ4n) is 0.898. The first-order valence-corrected chi connectivity index (χ1v) is 5.54. The van der Waals surface area contributed by atoms with Crippen LogP contribution in [0.3, 0.4) is 0 Å². The highest BCUT2D eigenvalue weighted by atomic mass is 32.2. The minimum Gasteiger partial charge on any atom is -0.481 e. The summed E-state index contributed by atoms with van der Waals surface area (Å²) >= 11 is 1.82. The van der Waals surface area contributed by atoms with Crippen molar-refractivity contribution < 1.29 is 14.6 Å². The number of rotatable bonds is 8. The summed E-state index contributed by atoms with van der Waals surface area (Å²) in [5.41, 5.74) is 0. The van der Waals surface area contributed by atoms with Crippen molar-refractivity contribution in [1.29, 1.82) is 0 Å². The van der Waals surface area contributed by atoms with Crippen LogP contribution in [-0.2, 0) is 9.53 Å². The van der Waals surface area contributed by atoms with Crippen LogP contribution in [-0.4, -0.2) is 35.8 Å². The van der Waals surface area contributed by atoms with E-state index in [0.29, 0.717) is 5.25 Å². The van der Waals surface area contributed by atoms with Gasteiger partial charge in [-0.05, 0) is 18.6 Å². The molecule has 0 aromatic carbocycles. The summed E-state index contributed by atoms with van der Waals surface area (Å²) in [7, 11) is 1.69. The molecule has 0 saturated heterocycles. The molecule has 0 saturated carbocycles. The van der Waals surface area contributed by atoms with E-state index in [2.05, 4.69) is 6.92 Å². The Morgan fingerprint density at radius 3 is 2.85 bits per heavy atom. The summed E-state index contributed by atoms with van der Waals surface area (Å²) in [6.07, 6.45) is 2.07. The van der Waals surface area contributed by atoms with Crippen LogP contribution in [0.15, 0.2) is 0 Å². The summed E-state index contributed by atoms with van der Waals surface area (Å²) in [5, 5.41) is 8.88. The van der Waals surface area contributed by atoms with Crippen molar-refractivity contribution >= 4 is 17.7 Å². The number of ether oxygens (including phenoxy) is 1. The van der Waals surface area contributed by atoms with Gasteiger partial charge in [-0.25, -0.2) is 0 Å². The van der Waals surface area contributed by atoms with Crippen LogP contribution in [0.25, 0.3) is 0 Å². The molecular formula is C9H18O3S. The van der Waals surface area contributed by atoms with Gasteiger partial charge in [0.05, 0.1) is 0 Å². The molecule has 0 aromatic heterocycles. The quantitative estimate of drug-likeness (QED) is 0.617.